The van der Waals surface area contributed by atoms with Gasteiger partial charge in [0.15, 0.2) is 5.82 Å². The predicted octanol–water partition coefficient (Wildman–Crippen LogP) is 3.99. The average molecular weight is 412 g/mol. The molecule has 29 heavy (non-hydrogen) atoms. The maximum absolute atomic E-state index is 13.4. The van der Waals surface area contributed by atoms with Gasteiger partial charge >= 0.3 is 0 Å². The molecule has 150 valence electrons. The molecule has 0 saturated heterocycles. The fourth-order valence-electron chi connectivity index (χ4n) is 3.28. The average Bonchev–Trinajstić information content (AvgIpc) is 3.12. The van der Waals surface area contributed by atoms with Gasteiger partial charge in [-0.1, -0.05) is 36.9 Å². The highest BCUT2D eigenvalue weighted by Gasteiger charge is 2.37. The summed E-state index contributed by atoms with van der Waals surface area (Å²) in [6, 6.07) is 11.7. The van der Waals surface area contributed by atoms with E-state index in [0.717, 1.165) is 22.6 Å². The Bertz CT molecular complexity index is 1050. The molecule has 0 fully saturated rings. The van der Waals surface area contributed by atoms with E-state index in [-0.39, 0.29) is 17.8 Å². The summed E-state index contributed by atoms with van der Waals surface area (Å²) in [4.78, 5) is 13.2. The number of carbonyl (C=O) groups excluding carboxylic acids is 1. The van der Waals surface area contributed by atoms with Crippen LogP contribution in [0.15, 0.2) is 47.6 Å². The number of aryl methyl sites for hydroxylation is 3. The van der Waals surface area contributed by atoms with E-state index in [1.807, 2.05) is 43.6 Å². The van der Waals surface area contributed by atoms with E-state index in [1.165, 1.54) is 29.5 Å². The minimum absolute atomic E-state index is 0.146. The summed E-state index contributed by atoms with van der Waals surface area (Å²) in [5, 5.41) is 11.6. The number of amides is 1. The molecular weight excluding hydrogens is 389 g/mol. The summed E-state index contributed by atoms with van der Waals surface area (Å²) in [6.07, 6.45) is 0.705. The number of anilines is 1. The lowest BCUT2D eigenvalue weighted by molar-refractivity contribution is -0.116. The highest BCUT2D eigenvalue weighted by molar-refractivity contribution is 8.00. The Balaban J connectivity index is 1.66. The monoisotopic (exact) mass is 411 g/mol. The molecule has 0 spiro atoms. The minimum Gasteiger partial charge on any atom is -0.325 e. The zero-order chi connectivity index (χ0) is 20.5. The number of fused-ring (bicyclic) bond motifs is 1. The molecule has 0 bridgehead atoms. The van der Waals surface area contributed by atoms with Crippen molar-refractivity contribution in [3.63, 3.8) is 0 Å². The number of carbonyl (C=O) groups is 1. The lowest BCUT2D eigenvalue weighted by atomic mass is 10.0. The van der Waals surface area contributed by atoms with Crippen LogP contribution in [-0.4, -0.2) is 26.0 Å². The van der Waals surface area contributed by atoms with Crippen LogP contribution in [0, 0.1) is 19.7 Å². The summed E-state index contributed by atoms with van der Waals surface area (Å²) in [7, 11) is 0. The van der Waals surface area contributed by atoms with E-state index in [1.54, 1.807) is 12.1 Å². The van der Waals surface area contributed by atoms with E-state index < -0.39 is 5.25 Å². The highest BCUT2D eigenvalue weighted by atomic mass is 32.2. The quantitative estimate of drug-likeness (QED) is 0.679. The first kappa shape index (κ1) is 19.4. The molecule has 2 N–H and O–H groups in total. The van der Waals surface area contributed by atoms with Crippen LogP contribution in [0.4, 0.5) is 10.1 Å². The molecule has 0 saturated carbocycles. The Labute approximate surface area is 172 Å². The number of halogens is 1. The van der Waals surface area contributed by atoms with E-state index in [2.05, 4.69) is 20.9 Å². The standard InChI is InChI=1S/C21H22FN5OS/c1-4-17-24-25-21-27(17)26-18(14-6-8-15(22)9-7-14)19(29-21)20(28)23-16-10-5-12(2)13(3)11-16/h5-11,18-19,26H,4H2,1-3H3,(H,23,28)/t18-,19+/m1/s1. The lowest BCUT2D eigenvalue weighted by Crippen LogP contribution is -2.41. The van der Waals surface area contributed by atoms with Crippen LogP contribution in [0.1, 0.15) is 35.5 Å². The molecule has 1 aromatic heterocycles. The van der Waals surface area contributed by atoms with Crippen LogP contribution in [-0.2, 0) is 11.2 Å². The largest absolute Gasteiger partial charge is 0.325 e. The summed E-state index contributed by atoms with van der Waals surface area (Å²) >= 11 is 1.36. The first-order valence-corrected chi connectivity index (χ1v) is 10.4. The number of aromatic nitrogens is 3. The van der Waals surface area contributed by atoms with Gasteiger partial charge in [0.1, 0.15) is 11.1 Å². The van der Waals surface area contributed by atoms with Gasteiger partial charge in [0.05, 0.1) is 6.04 Å². The van der Waals surface area contributed by atoms with Crippen molar-refractivity contribution in [1.29, 1.82) is 0 Å². The SMILES string of the molecule is CCc1nnc2n1N[C@H](c1ccc(F)cc1)[C@@H](C(=O)Nc1ccc(C)c(C)c1)S2. The van der Waals surface area contributed by atoms with E-state index in [0.29, 0.717) is 11.6 Å². The van der Waals surface area contributed by atoms with Crippen molar-refractivity contribution >= 4 is 23.4 Å². The Kier molecular flexibility index (Phi) is 5.27. The number of rotatable bonds is 4. The van der Waals surface area contributed by atoms with E-state index in [9.17, 15) is 9.18 Å². The van der Waals surface area contributed by atoms with Gasteiger partial charge in [0.2, 0.25) is 11.1 Å². The maximum Gasteiger partial charge on any atom is 0.240 e. The lowest BCUT2D eigenvalue weighted by Gasteiger charge is -2.33. The van der Waals surface area contributed by atoms with Crippen molar-refractivity contribution < 1.29 is 9.18 Å². The fraction of sp³-hybridized carbons (Fsp3) is 0.286. The molecule has 3 aromatic rings. The van der Waals surface area contributed by atoms with Crippen LogP contribution >= 0.6 is 11.8 Å². The maximum atomic E-state index is 13.4. The summed E-state index contributed by atoms with van der Waals surface area (Å²) in [5.74, 6) is 0.326. The van der Waals surface area contributed by atoms with Crippen LogP contribution < -0.4 is 10.7 Å². The van der Waals surface area contributed by atoms with Gasteiger partial charge in [-0.3, -0.25) is 4.79 Å². The molecule has 1 aliphatic rings. The molecule has 2 aromatic carbocycles. The third kappa shape index (κ3) is 3.85. The van der Waals surface area contributed by atoms with Gasteiger partial charge in [-0.25, -0.2) is 9.07 Å². The van der Waals surface area contributed by atoms with Crippen LogP contribution in [0.25, 0.3) is 0 Å². The first-order chi connectivity index (χ1) is 14.0. The molecular formula is C21H22FN5OS. The molecule has 8 heteroatoms. The molecule has 2 atom stereocenters. The Morgan fingerprint density at radius 1 is 1.17 bits per heavy atom. The third-order valence-corrected chi connectivity index (χ3v) is 6.30. The second-order valence-electron chi connectivity index (χ2n) is 7.07. The zero-order valence-electron chi connectivity index (χ0n) is 16.4. The van der Waals surface area contributed by atoms with Gasteiger partial charge in [-0.15, -0.1) is 10.2 Å². The number of hydrogen-bond acceptors (Lipinski definition) is 5. The number of thioether (sulfide) groups is 1. The summed E-state index contributed by atoms with van der Waals surface area (Å²) in [5.41, 5.74) is 7.20. The molecule has 0 radical (unpaired) electrons. The Hall–Kier alpha value is -2.87. The van der Waals surface area contributed by atoms with Gasteiger partial charge in [0, 0.05) is 12.1 Å². The summed E-state index contributed by atoms with van der Waals surface area (Å²) in [6.45, 7) is 6.04. The first-order valence-electron chi connectivity index (χ1n) is 9.47. The van der Waals surface area contributed by atoms with Crippen molar-refractivity contribution in [2.45, 2.75) is 43.6 Å². The Morgan fingerprint density at radius 2 is 1.93 bits per heavy atom. The van der Waals surface area contributed by atoms with Crippen molar-refractivity contribution in [2.24, 2.45) is 0 Å². The van der Waals surface area contributed by atoms with Gasteiger partial charge in [-0.2, -0.15) is 0 Å². The van der Waals surface area contributed by atoms with Gasteiger partial charge in [-0.05, 0) is 54.8 Å². The predicted molar refractivity (Wildman–Crippen MR) is 112 cm³/mol. The molecule has 4 rings (SSSR count). The molecule has 6 nitrogen and oxygen atoms in total. The molecule has 1 amide bonds. The smallest absolute Gasteiger partial charge is 0.240 e. The van der Waals surface area contributed by atoms with Crippen LogP contribution in [0.3, 0.4) is 0 Å². The minimum atomic E-state index is -0.497. The topological polar surface area (TPSA) is 71.8 Å². The van der Waals surface area contributed by atoms with Gasteiger partial charge < -0.3 is 10.7 Å². The van der Waals surface area contributed by atoms with Crippen molar-refractivity contribution in [3.8, 4) is 0 Å². The Morgan fingerprint density at radius 3 is 2.62 bits per heavy atom. The molecule has 2 heterocycles. The normalized spacial score (nSPS) is 18.1. The number of hydrogen-bond donors (Lipinski definition) is 2. The van der Waals surface area contributed by atoms with E-state index in [4.69, 9.17) is 0 Å². The third-order valence-electron chi connectivity index (χ3n) is 5.08. The zero-order valence-corrected chi connectivity index (χ0v) is 17.3. The van der Waals surface area contributed by atoms with Crippen molar-refractivity contribution in [2.75, 3.05) is 10.7 Å². The van der Waals surface area contributed by atoms with Crippen molar-refractivity contribution in [3.05, 3.63) is 70.8 Å². The second-order valence-corrected chi connectivity index (χ2v) is 8.18. The molecule has 0 unspecified atom stereocenters. The van der Waals surface area contributed by atoms with E-state index >= 15 is 0 Å². The second kappa shape index (κ2) is 7.87. The van der Waals surface area contributed by atoms with Crippen LogP contribution in [0.5, 0.6) is 0 Å². The number of nitrogens with one attached hydrogen (secondary N) is 2. The van der Waals surface area contributed by atoms with Crippen molar-refractivity contribution in [1.82, 2.24) is 14.9 Å². The number of nitrogens with zero attached hydrogens (tertiary/aromatic N) is 3. The van der Waals surface area contributed by atoms with Crippen LogP contribution in [0.2, 0.25) is 0 Å². The molecule has 0 aliphatic carbocycles. The van der Waals surface area contributed by atoms with Gasteiger partial charge in [0.25, 0.3) is 0 Å². The fourth-order valence-corrected chi connectivity index (χ4v) is 4.38. The summed E-state index contributed by atoms with van der Waals surface area (Å²) < 4.78 is 15.3. The number of benzene rings is 2. The molecule has 1 aliphatic heterocycles. The highest BCUT2D eigenvalue weighted by Crippen LogP contribution is 2.37.